The first kappa shape index (κ1) is 12.6. The van der Waals surface area contributed by atoms with E-state index in [1.165, 1.54) is 11.3 Å². The molecular weight excluding hydrogens is 254 g/mol. The fourth-order valence-electron chi connectivity index (χ4n) is 2.55. The Morgan fingerprint density at radius 3 is 3.11 bits per heavy atom. The Morgan fingerprint density at radius 2 is 2.26 bits per heavy atom. The number of aromatic nitrogens is 1. The van der Waals surface area contributed by atoms with Gasteiger partial charge < -0.3 is 10.2 Å². The zero-order chi connectivity index (χ0) is 13.2. The summed E-state index contributed by atoms with van der Waals surface area (Å²) in [5.74, 6) is 0. The smallest absolute Gasteiger partial charge is 0.190 e. The van der Waals surface area contributed by atoms with Crippen molar-refractivity contribution in [3.63, 3.8) is 0 Å². The Labute approximate surface area is 118 Å². The lowest BCUT2D eigenvalue weighted by molar-refractivity contribution is 0.586. The second-order valence-corrected chi connectivity index (χ2v) is 5.70. The highest BCUT2D eigenvalue weighted by atomic mass is 32.1. The number of hydrogen-bond donors (Lipinski definition) is 1. The summed E-state index contributed by atoms with van der Waals surface area (Å²) < 4.78 is 0. The van der Waals surface area contributed by atoms with Crippen molar-refractivity contribution >= 4 is 22.2 Å². The molecular formula is C15H19N3S. The first-order valence-corrected chi connectivity index (χ1v) is 7.72. The third kappa shape index (κ3) is 2.38. The van der Waals surface area contributed by atoms with Crippen LogP contribution in [-0.4, -0.2) is 18.1 Å². The Bertz CT molecular complexity index is 564. The van der Waals surface area contributed by atoms with Gasteiger partial charge in [0.2, 0.25) is 0 Å². The number of thiazole rings is 1. The maximum Gasteiger partial charge on any atom is 0.190 e. The summed E-state index contributed by atoms with van der Waals surface area (Å²) in [5, 5.41) is 6.70. The Balaban J connectivity index is 1.85. The molecule has 100 valence electrons. The minimum Gasteiger partial charge on any atom is -0.317 e. The monoisotopic (exact) mass is 273 g/mol. The third-order valence-electron chi connectivity index (χ3n) is 3.58. The second-order valence-electron chi connectivity index (χ2n) is 4.86. The van der Waals surface area contributed by atoms with E-state index in [0.717, 1.165) is 30.3 Å². The molecule has 1 aromatic carbocycles. The Morgan fingerprint density at radius 1 is 1.42 bits per heavy atom. The predicted octanol–water partition coefficient (Wildman–Crippen LogP) is 3.51. The van der Waals surface area contributed by atoms with Gasteiger partial charge in [0.1, 0.15) is 0 Å². The van der Waals surface area contributed by atoms with Crippen molar-refractivity contribution in [1.29, 1.82) is 0 Å². The lowest BCUT2D eigenvalue weighted by Gasteiger charge is -2.15. The Hall–Kier alpha value is -1.39. The van der Waals surface area contributed by atoms with Gasteiger partial charge in [-0.25, -0.2) is 4.98 Å². The van der Waals surface area contributed by atoms with Gasteiger partial charge in [0, 0.05) is 23.7 Å². The number of benzene rings is 1. The second kappa shape index (κ2) is 5.31. The lowest BCUT2D eigenvalue weighted by Crippen LogP contribution is -2.18. The molecule has 1 aliphatic heterocycles. The van der Waals surface area contributed by atoms with E-state index in [2.05, 4.69) is 53.7 Å². The van der Waals surface area contributed by atoms with E-state index in [4.69, 9.17) is 4.98 Å². The van der Waals surface area contributed by atoms with Crippen LogP contribution in [0, 0.1) is 0 Å². The van der Waals surface area contributed by atoms with Crippen LogP contribution in [0.25, 0.3) is 0 Å². The molecule has 1 N–H and O–H groups in total. The molecule has 1 aromatic heterocycles. The van der Waals surface area contributed by atoms with Crippen molar-refractivity contribution in [1.82, 2.24) is 10.3 Å². The molecule has 1 atom stereocenters. The topological polar surface area (TPSA) is 28.2 Å². The van der Waals surface area contributed by atoms with Crippen molar-refractivity contribution in [2.45, 2.75) is 26.3 Å². The molecule has 0 bridgehead atoms. The summed E-state index contributed by atoms with van der Waals surface area (Å²) in [6, 6.07) is 8.95. The van der Waals surface area contributed by atoms with Crippen molar-refractivity contribution in [2.75, 3.05) is 18.0 Å². The van der Waals surface area contributed by atoms with Gasteiger partial charge in [-0.3, -0.25) is 0 Å². The molecule has 0 spiro atoms. The molecule has 1 aliphatic rings. The molecule has 0 saturated carbocycles. The maximum atomic E-state index is 4.79. The van der Waals surface area contributed by atoms with Crippen molar-refractivity contribution in [3.8, 4) is 0 Å². The molecule has 19 heavy (non-hydrogen) atoms. The fourth-order valence-corrected chi connectivity index (χ4v) is 3.50. The SMILES string of the molecule is CCNC(C)c1csc(N2CCc3ccccc32)n1. The van der Waals surface area contributed by atoms with Gasteiger partial charge >= 0.3 is 0 Å². The quantitative estimate of drug-likeness (QED) is 0.924. The first-order chi connectivity index (χ1) is 9.29. The van der Waals surface area contributed by atoms with E-state index in [1.807, 2.05) is 0 Å². The summed E-state index contributed by atoms with van der Waals surface area (Å²) in [7, 11) is 0. The molecule has 4 heteroatoms. The van der Waals surface area contributed by atoms with Crippen LogP contribution in [0.2, 0.25) is 0 Å². The molecule has 3 rings (SSSR count). The molecule has 0 fully saturated rings. The van der Waals surface area contributed by atoms with Crippen LogP contribution in [-0.2, 0) is 6.42 Å². The van der Waals surface area contributed by atoms with Crippen LogP contribution in [0.1, 0.15) is 31.1 Å². The predicted molar refractivity (Wildman–Crippen MR) is 81.4 cm³/mol. The number of anilines is 2. The van der Waals surface area contributed by atoms with Gasteiger partial charge in [-0.2, -0.15) is 0 Å². The molecule has 3 nitrogen and oxygen atoms in total. The summed E-state index contributed by atoms with van der Waals surface area (Å²) in [4.78, 5) is 7.13. The van der Waals surface area contributed by atoms with Crippen LogP contribution in [0.5, 0.6) is 0 Å². The summed E-state index contributed by atoms with van der Waals surface area (Å²) in [5.41, 5.74) is 3.89. The highest BCUT2D eigenvalue weighted by Crippen LogP contribution is 2.36. The average molecular weight is 273 g/mol. The van der Waals surface area contributed by atoms with E-state index in [-0.39, 0.29) is 0 Å². The van der Waals surface area contributed by atoms with Gasteiger partial charge in [0.15, 0.2) is 5.13 Å². The van der Waals surface area contributed by atoms with E-state index in [0.29, 0.717) is 6.04 Å². The van der Waals surface area contributed by atoms with Crippen LogP contribution in [0.4, 0.5) is 10.8 Å². The number of para-hydroxylation sites is 1. The minimum absolute atomic E-state index is 0.327. The van der Waals surface area contributed by atoms with E-state index in [1.54, 1.807) is 11.3 Å². The molecule has 2 heterocycles. The number of rotatable bonds is 4. The summed E-state index contributed by atoms with van der Waals surface area (Å²) >= 11 is 1.74. The van der Waals surface area contributed by atoms with Crippen LogP contribution < -0.4 is 10.2 Å². The molecule has 0 amide bonds. The molecule has 2 aromatic rings. The highest BCUT2D eigenvalue weighted by molar-refractivity contribution is 7.13. The zero-order valence-electron chi connectivity index (χ0n) is 11.4. The molecule has 0 radical (unpaired) electrons. The van der Waals surface area contributed by atoms with E-state index in [9.17, 15) is 0 Å². The number of hydrogen-bond acceptors (Lipinski definition) is 4. The van der Waals surface area contributed by atoms with Gasteiger partial charge in [0.05, 0.1) is 5.69 Å². The van der Waals surface area contributed by atoms with Crippen LogP contribution in [0.3, 0.4) is 0 Å². The van der Waals surface area contributed by atoms with Crippen molar-refractivity contribution < 1.29 is 0 Å². The van der Waals surface area contributed by atoms with Gasteiger partial charge in [-0.05, 0) is 31.5 Å². The zero-order valence-corrected chi connectivity index (χ0v) is 12.2. The summed E-state index contributed by atoms with van der Waals surface area (Å²) in [6.45, 7) is 6.31. The van der Waals surface area contributed by atoms with Crippen LogP contribution in [0.15, 0.2) is 29.6 Å². The molecule has 0 saturated heterocycles. The Kier molecular flexibility index (Phi) is 3.53. The average Bonchev–Trinajstić information content (AvgIpc) is 3.05. The van der Waals surface area contributed by atoms with E-state index < -0.39 is 0 Å². The number of nitrogens with zero attached hydrogens (tertiary/aromatic N) is 2. The minimum atomic E-state index is 0.327. The van der Waals surface area contributed by atoms with Gasteiger partial charge in [-0.15, -0.1) is 11.3 Å². The van der Waals surface area contributed by atoms with Crippen molar-refractivity contribution in [3.05, 3.63) is 40.9 Å². The maximum absolute atomic E-state index is 4.79. The highest BCUT2D eigenvalue weighted by Gasteiger charge is 2.22. The lowest BCUT2D eigenvalue weighted by atomic mass is 10.2. The standard InChI is InChI=1S/C15H19N3S/c1-3-16-11(2)13-10-19-15(17-13)18-9-8-12-6-4-5-7-14(12)18/h4-7,10-11,16H,3,8-9H2,1-2H3. The van der Waals surface area contributed by atoms with Gasteiger partial charge in [-0.1, -0.05) is 25.1 Å². The normalized spacial score (nSPS) is 15.6. The van der Waals surface area contributed by atoms with Gasteiger partial charge in [0.25, 0.3) is 0 Å². The van der Waals surface area contributed by atoms with E-state index >= 15 is 0 Å². The number of fused-ring (bicyclic) bond motifs is 1. The first-order valence-electron chi connectivity index (χ1n) is 6.84. The number of nitrogens with one attached hydrogen (secondary N) is 1. The third-order valence-corrected chi connectivity index (χ3v) is 4.46. The van der Waals surface area contributed by atoms with Crippen molar-refractivity contribution in [2.24, 2.45) is 0 Å². The largest absolute Gasteiger partial charge is 0.317 e. The molecule has 0 aliphatic carbocycles. The summed E-state index contributed by atoms with van der Waals surface area (Å²) in [6.07, 6.45) is 1.12. The fraction of sp³-hybridized carbons (Fsp3) is 0.400. The van der Waals surface area contributed by atoms with Crippen LogP contribution >= 0.6 is 11.3 Å². The molecule has 1 unspecified atom stereocenters.